The van der Waals surface area contributed by atoms with E-state index in [1.807, 2.05) is 0 Å². The molecule has 242 valence electrons. The Morgan fingerprint density at radius 3 is 2.47 bits per heavy atom. The minimum Gasteiger partial charge on any atom is -0.387 e. The number of aliphatic hydroxyl groups excluding tert-OH is 2. The highest BCUT2D eigenvalue weighted by atomic mass is 31.2. The second kappa shape index (κ2) is 10.9. The summed E-state index contributed by atoms with van der Waals surface area (Å²) in [7, 11) is -10.2. The summed E-state index contributed by atoms with van der Waals surface area (Å²) in [5.41, 5.74) is -0.593. The summed E-state index contributed by atoms with van der Waals surface area (Å²) in [5.74, 6) is -1.32. The SMILES string of the molecule is N=C1N=C2C(N=CN2[C@@H]2O[C@@H]3COP(=O)(O)O[C@@H]4C(O)[C@H](c5cnn6c(=O)[nH]cnc56)O[C@@H]4COP(=O)(O)OC2[C@H]3O)C(=O)N1. The van der Waals surface area contributed by atoms with Crippen molar-refractivity contribution in [1.82, 2.24) is 29.8 Å². The summed E-state index contributed by atoms with van der Waals surface area (Å²) in [6.07, 6.45) is -9.51. The van der Waals surface area contributed by atoms with Gasteiger partial charge in [-0.2, -0.15) is 14.6 Å². The first-order valence-corrected chi connectivity index (χ1v) is 16.0. The molecule has 0 aliphatic carbocycles. The van der Waals surface area contributed by atoms with Crippen molar-refractivity contribution in [3.8, 4) is 0 Å². The van der Waals surface area contributed by atoms with Gasteiger partial charge in [0.05, 0.1) is 32.1 Å². The average molecular weight is 675 g/mol. The molecule has 0 radical (unpaired) electrons. The van der Waals surface area contributed by atoms with Gasteiger partial charge in [-0.15, -0.1) is 0 Å². The topological polar surface area (TPSA) is 314 Å². The molecule has 5 unspecified atom stereocenters. The zero-order valence-corrected chi connectivity index (χ0v) is 24.1. The third-order valence-corrected chi connectivity index (χ3v) is 9.42. The van der Waals surface area contributed by atoms with Crippen molar-refractivity contribution in [2.24, 2.45) is 9.98 Å². The lowest BCUT2D eigenvalue weighted by molar-refractivity contribution is -0.119. The molecule has 7 N–H and O–H groups in total. The zero-order chi connectivity index (χ0) is 31.8. The second-order valence-corrected chi connectivity index (χ2v) is 13.0. The van der Waals surface area contributed by atoms with E-state index in [2.05, 4.69) is 30.4 Å². The van der Waals surface area contributed by atoms with E-state index < -0.39 is 101 Å². The number of aliphatic hydroxyl groups is 2. The van der Waals surface area contributed by atoms with Gasteiger partial charge < -0.3 is 29.5 Å². The highest BCUT2D eigenvalue weighted by Crippen LogP contribution is 2.53. The summed E-state index contributed by atoms with van der Waals surface area (Å²) in [5, 5.41) is 35.9. The van der Waals surface area contributed by atoms with Gasteiger partial charge in [-0.3, -0.25) is 48.5 Å². The lowest BCUT2D eigenvalue weighted by atomic mass is 10.0. The van der Waals surface area contributed by atoms with Crippen molar-refractivity contribution < 1.29 is 61.5 Å². The summed E-state index contributed by atoms with van der Waals surface area (Å²) in [4.78, 5) is 60.9. The number of hydrogen-bond acceptors (Lipinski definition) is 17. The van der Waals surface area contributed by atoms with Crippen LogP contribution in [-0.4, -0.2) is 131 Å². The fourth-order valence-corrected chi connectivity index (χ4v) is 7.33. The van der Waals surface area contributed by atoms with Crippen LogP contribution in [0.25, 0.3) is 5.65 Å². The molecule has 2 aromatic heterocycles. The van der Waals surface area contributed by atoms with E-state index in [-0.39, 0.29) is 17.0 Å². The number of ether oxygens (including phenoxy) is 2. The van der Waals surface area contributed by atoms with Crippen LogP contribution in [0, 0.1) is 5.41 Å². The van der Waals surface area contributed by atoms with Gasteiger partial charge in [-0.1, -0.05) is 0 Å². The predicted molar refractivity (Wildman–Crippen MR) is 141 cm³/mol. The predicted octanol–water partition coefficient (Wildman–Crippen LogP) is -3.50. The quantitative estimate of drug-likeness (QED) is 0.152. The number of phosphoric acid groups is 2. The summed E-state index contributed by atoms with van der Waals surface area (Å²) < 4.78 is 59.4. The number of amidine groups is 1. The molecule has 0 aromatic carbocycles. The van der Waals surface area contributed by atoms with Crippen molar-refractivity contribution >= 4 is 45.3 Å². The molecule has 1 amide bonds. The second-order valence-electron chi connectivity index (χ2n) is 10.2. The average Bonchev–Trinajstić information content (AvgIpc) is 3.72. The molecular weight excluding hydrogens is 652 g/mol. The number of nitrogens with one attached hydrogen (secondary N) is 3. The molecule has 5 aliphatic rings. The first kappa shape index (κ1) is 30.3. The lowest BCUT2D eigenvalue weighted by Crippen LogP contribution is -2.53. The highest BCUT2D eigenvalue weighted by molar-refractivity contribution is 7.47. The summed E-state index contributed by atoms with van der Waals surface area (Å²) in [6.45, 7) is -1.70. The van der Waals surface area contributed by atoms with E-state index in [0.717, 1.165) is 22.1 Å². The number of rotatable bonds is 2. The van der Waals surface area contributed by atoms with Crippen LogP contribution >= 0.6 is 15.6 Å². The molecule has 3 fully saturated rings. The molecule has 2 bridgehead atoms. The number of carbonyl (C=O) groups is 1. The number of phosphoric ester groups is 2. The van der Waals surface area contributed by atoms with Crippen molar-refractivity contribution in [3.63, 3.8) is 0 Å². The Morgan fingerprint density at radius 1 is 1.00 bits per heavy atom. The van der Waals surface area contributed by atoms with E-state index in [4.69, 9.17) is 33.0 Å². The molecule has 2 aromatic rings. The number of nitrogens with zero attached hydrogens (tertiary/aromatic N) is 6. The Labute approximate surface area is 249 Å². The molecule has 7 heterocycles. The number of aromatic nitrogens is 4. The van der Waals surface area contributed by atoms with Crippen LogP contribution in [0.4, 0.5) is 0 Å². The molecule has 0 saturated carbocycles. The Balaban J connectivity index is 1.18. The molecule has 3 saturated heterocycles. The van der Waals surface area contributed by atoms with E-state index in [9.17, 15) is 38.7 Å². The van der Waals surface area contributed by atoms with E-state index in [0.29, 0.717) is 0 Å². The maximum Gasteiger partial charge on any atom is 0.472 e. The van der Waals surface area contributed by atoms with Gasteiger partial charge in [0.1, 0.15) is 42.7 Å². The van der Waals surface area contributed by atoms with Gasteiger partial charge in [0.25, 0.3) is 5.91 Å². The maximum absolute atomic E-state index is 13.2. The van der Waals surface area contributed by atoms with Gasteiger partial charge >= 0.3 is 21.3 Å². The summed E-state index contributed by atoms with van der Waals surface area (Å²) in [6, 6.07) is -1.19. The first-order chi connectivity index (χ1) is 21.3. The largest absolute Gasteiger partial charge is 0.472 e. The van der Waals surface area contributed by atoms with E-state index in [1.54, 1.807) is 0 Å². The van der Waals surface area contributed by atoms with Crippen LogP contribution in [0.5, 0.6) is 0 Å². The number of guanidine groups is 1. The number of fused-ring (bicyclic) bond motifs is 5. The monoisotopic (exact) mass is 675 g/mol. The summed E-state index contributed by atoms with van der Waals surface area (Å²) >= 11 is 0. The number of aliphatic imine (C=N–C) groups is 2. The third-order valence-electron chi connectivity index (χ3n) is 7.45. The lowest BCUT2D eigenvalue weighted by Gasteiger charge is -2.31. The third kappa shape index (κ3) is 5.35. The van der Waals surface area contributed by atoms with E-state index >= 15 is 0 Å². The van der Waals surface area contributed by atoms with Crippen LogP contribution in [0.15, 0.2) is 27.3 Å². The number of aromatic amines is 1. The number of hydrogen-bond donors (Lipinski definition) is 7. The normalized spacial score (nSPS) is 42.0. The van der Waals surface area contributed by atoms with Gasteiger partial charge in [0.15, 0.2) is 23.8 Å². The van der Waals surface area contributed by atoms with Crippen molar-refractivity contribution in [2.45, 2.75) is 55.0 Å². The molecular formula is C20H23N9O14P2. The Hall–Kier alpha value is -3.31. The van der Waals surface area contributed by atoms with Crippen molar-refractivity contribution in [1.29, 1.82) is 5.41 Å². The number of H-pyrrole nitrogens is 1. The van der Waals surface area contributed by atoms with Crippen molar-refractivity contribution in [2.75, 3.05) is 13.2 Å². The van der Waals surface area contributed by atoms with Gasteiger partial charge in [0, 0.05) is 5.56 Å². The molecule has 0 spiro atoms. The molecule has 25 heteroatoms. The Bertz CT molecular complexity index is 1780. The van der Waals surface area contributed by atoms with E-state index in [1.165, 1.54) is 6.20 Å². The molecule has 7 rings (SSSR count). The number of carbonyl (C=O) groups excluding carboxylic acids is 1. The standard InChI is InChI=1S/C20H23N9O14P2/c21-19-26-16-9(17(32)27-19)24-5-28(16)18-14-10(30)7(41-18)2-38-44(34,35)42-13-8(3-39-45(36,37)43-14)40-12(11(13)31)6-1-25-29-15(6)22-4-23-20(29)33/h1,4-5,7-14,18,30-31H,2-3H2,(H,34,35)(H,36,37)(H2,21,27,32)(H,22,23,33)/t7-,8-,9?,10+,11?,12+,13+,14?,18-/m1/s1. The minimum atomic E-state index is -5.14. The zero-order valence-electron chi connectivity index (χ0n) is 22.3. The van der Waals surface area contributed by atoms with Gasteiger partial charge in [-0.25, -0.2) is 18.9 Å². The first-order valence-electron chi connectivity index (χ1n) is 13.0. The number of amides is 1. The molecule has 45 heavy (non-hydrogen) atoms. The van der Waals surface area contributed by atoms with Crippen LogP contribution in [0.2, 0.25) is 0 Å². The maximum atomic E-state index is 13.2. The molecule has 23 nitrogen and oxygen atoms in total. The Kier molecular flexibility index (Phi) is 7.35. The van der Waals surface area contributed by atoms with Crippen LogP contribution in [0.1, 0.15) is 11.7 Å². The smallest absolute Gasteiger partial charge is 0.387 e. The van der Waals surface area contributed by atoms with Gasteiger partial charge in [-0.05, 0) is 0 Å². The van der Waals surface area contributed by atoms with Crippen LogP contribution < -0.4 is 11.0 Å². The van der Waals surface area contributed by atoms with Crippen LogP contribution in [-0.2, 0) is 41.5 Å². The fourth-order valence-electron chi connectivity index (χ4n) is 5.43. The fraction of sp³-hybridized carbons (Fsp3) is 0.550. The molecule has 5 aliphatic heterocycles. The minimum absolute atomic E-state index is 0.0197. The molecule has 11 atom stereocenters. The van der Waals surface area contributed by atoms with Crippen molar-refractivity contribution in [3.05, 3.63) is 28.6 Å². The van der Waals surface area contributed by atoms with Crippen LogP contribution in [0.3, 0.4) is 0 Å². The Morgan fingerprint density at radius 2 is 1.71 bits per heavy atom. The highest BCUT2D eigenvalue weighted by Gasteiger charge is 2.56. The van der Waals surface area contributed by atoms with Gasteiger partial charge in [0.2, 0.25) is 5.96 Å².